The van der Waals surface area contributed by atoms with E-state index in [2.05, 4.69) is 15.9 Å². The number of aryl methyl sites for hydroxylation is 1. The van der Waals surface area contributed by atoms with E-state index in [1.54, 1.807) is 35.2 Å². The summed E-state index contributed by atoms with van der Waals surface area (Å²) in [5, 5.41) is 0. The first-order valence-corrected chi connectivity index (χ1v) is 12.4. The van der Waals surface area contributed by atoms with Crippen LogP contribution in [0.5, 0.6) is 11.5 Å². The summed E-state index contributed by atoms with van der Waals surface area (Å²) in [6, 6.07) is 18.1. The van der Waals surface area contributed by atoms with Crippen molar-refractivity contribution in [2.24, 2.45) is 0 Å². The van der Waals surface area contributed by atoms with E-state index in [0.717, 1.165) is 16.7 Å². The zero-order chi connectivity index (χ0) is 24.2. The molecule has 1 aliphatic heterocycles. The van der Waals surface area contributed by atoms with Crippen molar-refractivity contribution in [3.05, 3.63) is 98.1 Å². The lowest BCUT2D eigenvalue weighted by molar-refractivity contribution is -0.122. The number of thiocarbonyl (C=S) groups is 1. The molecule has 0 aromatic heterocycles. The smallest absolute Gasteiger partial charge is 0.266 e. The fraction of sp³-hybridized carbons (Fsp3) is 0.154. The van der Waals surface area contributed by atoms with Crippen molar-refractivity contribution in [1.29, 1.82) is 0 Å². The molecule has 4 nitrogen and oxygen atoms in total. The van der Waals surface area contributed by atoms with E-state index in [1.807, 2.05) is 37.3 Å². The number of thioether (sulfide) groups is 1. The van der Waals surface area contributed by atoms with E-state index in [-0.39, 0.29) is 18.3 Å². The third-order valence-corrected chi connectivity index (χ3v) is 7.18. The fourth-order valence-electron chi connectivity index (χ4n) is 3.39. The van der Waals surface area contributed by atoms with Gasteiger partial charge >= 0.3 is 0 Å². The predicted molar refractivity (Wildman–Crippen MR) is 141 cm³/mol. The molecule has 0 saturated carbocycles. The van der Waals surface area contributed by atoms with Crippen LogP contribution in [-0.4, -0.2) is 22.2 Å². The first-order valence-electron chi connectivity index (χ1n) is 10.4. The highest BCUT2D eigenvalue weighted by Crippen LogP contribution is 2.40. The molecule has 1 fully saturated rings. The predicted octanol–water partition coefficient (Wildman–Crippen LogP) is 6.89. The molecule has 1 heterocycles. The number of hydrogen-bond acceptors (Lipinski definition) is 5. The molecule has 1 amide bonds. The maximum atomic E-state index is 13.9. The van der Waals surface area contributed by atoms with Crippen LogP contribution in [0.1, 0.15) is 22.3 Å². The van der Waals surface area contributed by atoms with E-state index in [0.29, 0.717) is 37.3 Å². The summed E-state index contributed by atoms with van der Waals surface area (Å²) in [4.78, 5) is 15.2. The van der Waals surface area contributed by atoms with Crippen molar-refractivity contribution in [3.63, 3.8) is 0 Å². The quantitative estimate of drug-likeness (QED) is 0.233. The van der Waals surface area contributed by atoms with Gasteiger partial charge in [-0.25, -0.2) is 4.39 Å². The second-order valence-corrected chi connectivity index (χ2v) is 10.2. The molecule has 0 spiro atoms. The number of carbonyl (C=O) groups excluding carboxylic acids is 1. The third kappa shape index (κ3) is 5.51. The molecular weight excluding hydrogens is 537 g/mol. The van der Waals surface area contributed by atoms with Gasteiger partial charge in [-0.1, -0.05) is 72.0 Å². The van der Waals surface area contributed by atoms with Crippen LogP contribution in [0.25, 0.3) is 6.08 Å². The van der Waals surface area contributed by atoms with Gasteiger partial charge in [0.15, 0.2) is 11.5 Å². The number of rotatable bonds is 7. The molecule has 0 N–H and O–H groups in total. The van der Waals surface area contributed by atoms with Gasteiger partial charge in [0.05, 0.1) is 23.0 Å². The Morgan fingerprint density at radius 3 is 2.59 bits per heavy atom. The summed E-state index contributed by atoms with van der Waals surface area (Å²) in [7, 11) is 1.53. The number of halogens is 2. The Morgan fingerprint density at radius 1 is 1.15 bits per heavy atom. The Morgan fingerprint density at radius 2 is 1.88 bits per heavy atom. The molecule has 34 heavy (non-hydrogen) atoms. The molecule has 0 atom stereocenters. The van der Waals surface area contributed by atoms with Gasteiger partial charge in [-0.15, -0.1) is 0 Å². The Bertz CT molecular complexity index is 1280. The first kappa shape index (κ1) is 24.4. The van der Waals surface area contributed by atoms with Crippen molar-refractivity contribution >= 4 is 56.2 Å². The molecule has 0 radical (unpaired) electrons. The van der Waals surface area contributed by atoms with Gasteiger partial charge in [-0.2, -0.15) is 0 Å². The van der Waals surface area contributed by atoms with Crippen molar-refractivity contribution in [3.8, 4) is 11.5 Å². The number of hydrogen-bond donors (Lipinski definition) is 0. The van der Waals surface area contributed by atoms with E-state index in [4.69, 9.17) is 21.7 Å². The highest BCUT2D eigenvalue weighted by molar-refractivity contribution is 9.10. The van der Waals surface area contributed by atoms with Crippen LogP contribution in [0.3, 0.4) is 0 Å². The van der Waals surface area contributed by atoms with Gasteiger partial charge in [0.2, 0.25) is 0 Å². The van der Waals surface area contributed by atoms with Gasteiger partial charge in [0.1, 0.15) is 16.7 Å². The lowest BCUT2D eigenvalue weighted by Gasteiger charge is -2.15. The second-order valence-electron chi connectivity index (χ2n) is 7.67. The third-order valence-electron chi connectivity index (χ3n) is 5.21. The Kier molecular flexibility index (Phi) is 7.70. The molecule has 0 bridgehead atoms. The second kappa shape index (κ2) is 10.7. The average molecular weight is 558 g/mol. The molecule has 4 rings (SSSR count). The lowest BCUT2D eigenvalue weighted by atomic mass is 10.1. The van der Waals surface area contributed by atoms with Gasteiger partial charge in [0.25, 0.3) is 5.91 Å². The molecule has 0 unspecified atom stereocenters. The monoisotopic (exact) mass is 557 g/mol. The average Bonchev–Trinajstić information content (AvgIpc) is 3.07. The zero-order valence-electron chi connectivity index (χ0n) is 18.5. The molecule has 8 heteroatoms. The van der Waals surface area contributed by atoms with E-state index >= 15 is 0 Å². The standard InChI is InChI=1S/C26H21BrFNO3S2/c1-16-7-9-17(10-8-16)14-29-25(30)23(34-26(29)33)13-18-11-20(27)24(22(12-18)31-2)32-15-19-5-3-4-6-21(19)28/h3-13H,14-15H2,1-2H3/b23-13-. The van der Waals surface area contributed by atoms with Crippen LogP contribution in [0.15, 0.2) is 70.0 Å². The van der Waals surface area contributed by atoms with Crippen LogP contribution in [0.2, 0.25) is 0 Å². The Balaban J connectivity index is 1.53. The van der Waals surface area contributed by atoms with Crippen LogP contribution in [0.4, 0.5) is 4.39 Å². The van der Waals surface area contributed by atoms with Gasteiger partial charge < -0.3 is 9.47 Å². The summed E-state index contributed by atoms with van der Waals surface area (Å²) in [5.74, 6) is 0.453. The number of methoxy groups -OCH3 is 1. The van der Waals surface area contributed by atoms with Crippen molar-refractivity contribution in [2.75, 3.05) is 7.11 Å². The molecular formula is C26H21BrFNO3S2. The summed E-state index contributed by atoms with van der Waals surface area (Å²) in [6.07, 6.45) is 1.78. The van der Waals surface area contributed by atoms with Gasteiger partial charge in [-0.05, 0) is 58.3 Å². The Hall–Kier alpha value is -2.68. The van der Waals surface area contributed by atoms with Crippen molar-refractivity contribution in [2.45, 2.75) is 20.1 Å². The highest BCUT2D eigenvalue weighted by Gasteiger charge is 2.32. The van der Waals surface area contributed by atoms with E-state index in [9.17, 15) is 9.18 Å². The normalized spacial score (nSPS) is 14.7. The van der Waals surface area contributed by atoms with Crippen LogP contribution >= 0.6 is 39.9 Å². The van der Waals surface area contributed by atoms with Gasteiger partial charge in [0, 0.05) is 5.56 Å². The van der Waals surface area contributed by atoms with Crippen LogP contribution in [-0.2, 0) is 17.9 Å². The number of nitrogens with zero attached hydrogens (tertiary/aromatic N) is 1. The highest BCUT2D eigenvalue weighted by atomic mass is 79.9. The number of ether oxygens (including phenoxy) is 2. The molecule has 1 aliphatic rings. The van der Waals surface area contributed by atoms with E-state index in [1.165, 1.54) is 24.9 Å². The SMILES string of the molecule is COc1cc(/C=C2\SC(=S)N(Cc3ccc(C)cc3)C2=O)cc(Br)c1OCc1ccccc1F. The minimum Gasteiger partial charge on any atom is -0.493 e. The van der Waals surface area contributed by atoms with Gasteiger partial charge in [-0.3, -0.25) is 9.69 Å². The molecule has 1 saturated heterocycles. The summed E-state index contributed by atoms with van der Waals surface area (Å²) in [6.45, 7) is 2.51. The van der Waals surface area contributed by atoms with Crippen LogP contribution in [0, 0.1) is 12.7 Å². The number of carbonyl (C=O) groups is 1. The summed E-state index contributed by atoms with van der Waals surface area (Å²) in [5.41, 5.74) is 3.37. The molecule has 174 valence electrons. The minimum absolute atomic E-state index is 0.0542. The molecule has 3 aromatic rings. The topological polar surface area (TPSA) is 38.8 Å². The minimum atomic E-state index is -0.332. The largest absolute Gasteiger partial charge is 0.493 e. The fourth-order valence-corrected chi connectivity index (χ4v) is 5.22. The maximum absolute atomic E-state index is 13.9. The van der Waals surface area contributed by atoms with Crippen LogP contribution < -0.4 is 9.47 Å². The van der Waals surface area contributed by atoms with E-state index < -0.39 is 0 Å². The van der Waals surface area contributed by atoms with Crippen molar-refractivity contribution < 1.29 is 18.7 Å². The van der Waals surface area contributed by atoms with Crippen molar-refractivity contribution in [1.82, 2.24) is 4.90 Å². The Labute approximate surface area is 215 Å². The number of benzene rings is 3. The summed E-state index contributed by atoms with van der Waals surface area (Å²) >= 11 is 10.2. The maximum Gasteiger partial charge on any atom is 0.266 e. The zero-order valence-corrected chi connectivity index (χ0v) is 21.7. The molecule has 3 aromatic carbocycles. The summed E-state index contributed by atoms with van der Waals surface area (Å²) < 4.78 is 26.4. The molecule has 0 aliphatic carbocycles. The first-order chi connectivity index (χ1) is 16.4. The lowest BCUT2D eigenvalue weighted by Crippen LogP contribution is -2.27. The number of amides is 1.